The molecule has 8 rings (SSSR count). The standard InChI is InChI=1S/C91H128N22O23S/c1-9-11-21-68-84(129)102-60(34-48(3)4)81(126)107-66(79(124)98-42-75(96)119)46-137-47-76(120)99-63(35-50-25-27-53(114)28-26-50)87(132)108(6)49(5)78(123)105-65(40-74(95)118)90(135)112-33-17-24-69(112)85(130)104-62(39-73(94)117)83(128)101-59(29-30-72(93)116)89(134)113-44-54(115)38-71(113)86(131)103-61(36-51-41-97-57-20-15-13-18-55(51)57)82(127)100-58(31-32-92)80(125)106-64(88(133)110(8)70(22-12-10-2)91(136)109(68)7)37-52-43-111(45-77(121)122)67-23-16-14-19-56(52)67/h13-16,18-20,23,25-28,41,43,48-49,54,58-66,68-71,97,114-115H,9-12,17,21-22,24,29-40,42,44-47,92H2,1-8H3,(H2,93,116)(H2,94,117)(H2,95,118)(H2,96,119)(H,98,124)(H,99,120)(H,100,127)(H,101,128)(H,102,129)(H,103,131)(H,104,130)(H,105,123)(H,106,125)(H,107,126)(H,121,122)/t49-,54+,58-,59-,60-,61-,62-,63-,64-,65-,66-,68-,69-,70-,71-/m0/s1. The lowest BCUT2D eigenvalue weighted by atomic mass is 9.99. The molecule has 3 fully saturated rings. The lowest BCUT2D eigenvalue weighted by Crippen LogP contribution is -2.61. The van der Waals surface area contributed by atoms with E-state index >= 15 is 33.6 Å². The van der Waals surface area contributed by atoms with Gasteiger partial charge in [-0.3, -0.25) is 95.9 Å². The number of unbranched alkanes of at least 4 members (excludes halogenated alkanes) is 2. The van der Waals surface area contributed by atoms with Crippen LogP contribution in [0.5, 0.6) is 5.75 Å². The molecule has 3 aliphatic rings. The number of benzene rings is 3. The number of H-pyrrole nitrogens is 1. The second kappa shape index (κ2) is 51.2. The van der Waals surface area contributed by atoms with Gasteiger partial charge in [0.15, 0.2) is 0 Å². The molecule has 5 heterocycles. The number of aliphatic hydroxyl groups excluding tert-OH is 1. The molecule has 24 N–H and O–H groups in total. The van der Waals surface area contributed by atoms with Crippen LogP contribution < -0.4 is 81.8 Å². The zero-order chi connectivity index (χ0) is 101. The van der Waals surface area contributed by atoms with E-state index in [2.05, 4.69) is 58.2 Å². The predicted molar refractivity (Wildman–Crippen MR) is 498 cm³/mol. The smallest absolute Gasteiger partial charge is 0.323 e. The number of nitrogens with one attached hydrogen (secondary N) is 11. The topological polar surface area (TPSA) is 689 Å². The van der Waals surface area contributed by atoms with Crippen molar-refractivity contribution in [2.45, 2.75) is 247 Å². The number of primary amides is 4. The highest BCUT2D eigenvalue weighted by Crippen LogP contribution is 2.29. The summed E-state index contributed by atoms with van der Waals surface area (Å²) in [5.41, 5.74) is 30.7. The van der Waals surface area contributed by atoms with Crippen molar-refractivity contribution in [3.63, 3.8) is 0 Å². The number of carbonyl (C=O) groups is 20. The Balaban J connectivity index is 1.22. The monoisotopic (exact) mass is 1930 g/mol. The first-order chi connectivity index (χ1) is 64.9. The van der Waals surface area contributed by atoms with E-state index in [9.17, 15) is 77.6 Å². The minimum atomic E-state index is -1.99. The Hall–Kier alpha value is -13.8. The quantitative estimate of drug-likeness (QED) is 0.0226. The molecule has 3 aromatic carbocycles. The first-order valence-electron chi connectivity index (χ1n) is 45.6. The lowest BCUT2D eigenvalue weighted by molar-refractivity contribution is -0.149. The van der Waals surface area contributed by atoms with Crippen LogP contribution in [0.2, 0.25) is 0 Å². The number of thioether (sulfide) groups is 1. The predicted octanol–water partition coefficient (Wildman–Crippen LogP) is -4.10. The van der Waals surface area contributed by atoms with Crippen LogP contribution in [0, 0.1) is 5.92 Å². The molecule has 5 aromatic rings. The van der Waals surface area contributed by atoms with Crippen LogP contribution in [0.15, 0.2) is 85.2 Å². The molecule has 0 saturated carbocycles. The van der Waals surface area contributed by atoms with E-state index < -0.39 is 279 Å². The Labute approximate surface area is 794 Å². The third-order valence-electron chi connectivity index (χ3n) is 24.2. The van der Waals surface area contributed by atoms with Gasteiger partial charge >= 0.3 is 5.97 Å². The van der Waals surface area contributed by atoms with Crippen molar-refractivity contribution in [1.82, 2.24) is 87.2 Å². The van der Waals surface area contributed by atoms with Gasteiger partial charge in [-0.05, 0) is 105 Å². The average molecular weight is 1930 g/mol. The summed E-state index contributed by atoms with van der Waals surface area (Å²) in [6.07, 6.45) is -2.19. The summed E-state index contributed by atoms with van der Waals surface area (Å²) in [5, 5.41) is 58.6. The number of aromatic hydroxyl groups is 1. The van der Waals surface area contributed by atoms with Gasteiger partial charge in [0.25, 0.3) is 0 Å². The zero-order valence-electron chi connectivity index (χ0n) is 78.0. The molecule has 0 bridgehead atoms. The summed E-state index contributed by atoms with van der Waals surface area (Å²) in [4.78, 5) is 296. The Bertz CT molecular complexity index is 5240. The lowest BCUT2D eigenvalue weighted by Gasteiger charge is -2.36. The van der Waals surface area contributed by atoms with Gasteiger partial charge in [-0.25, -0.2) is 0 Å². The summed E-state index contributed by atoms with van der Waals surface area (Å²) in [5.74, 6) is -22.2. The number of likely N-dealkylation sites (N-methyl/N-ethyl adjacent to an activating group) is 3. The molecule has 746 valence electrons. The number of aromatic nitrogens is 2. The molecule has 3 aliphatic heterocycles. The molecular weight excluding hydrogens is 1800 g/mol. The normalized spacial score (nSPS) is 24.5. The Morgan fingerprint density at radius 3 is 1.72 bits per heavy atom. The van der Waals surface area contributed by atoms with Crippen LogP contribution in [0.25, 0.3) is 21.8 Å². The first kappa shape index (κ1) is 109. The fraction of sp³-hybridized carbons (Fsp3) is 0.538. The van der Waals surface area contributed by atoms with E-state index in [1.807, 2.05) is 13.8 Å². The number of carbonyl (C=O) groups excluding carboxylic acids is 19. The minimum absolute atomic E-state index is 0.0183. The largest absolute Gasteiger partial charge is 0.508 e. The minimum Gasteiger partial charge on any atom is -0.508 e. The second-order valence-electron chi connectivity index (χ2n) is 35.1. The number of hydrogen-bond acceptors (Lipinski definition) is 24. The molecule has 15 atom stereocenters. The molecular formula is C91H128N22O23S. The number of aliphatic hydroxyl groups is 1. The number of rotatable bonds is 28. The van der Waals surface area contributed by atoms with Crippen molar-refractivity contribution < 1.29 is 111 Å². The number of para-hydroxylation sites is 2. The van der Waals surface area contributed by atoms with Crippen molar-refractivity contribution in [2.75, 3.05) is 58.8 Å². The number of phenolic OH excluding ortho intramolecular Hbond substituents is 1. The van der Waals surface area contributed by atoms with Crippen molar-refractivity contribution in [1.29, 1.82) is 0 Å². The highest BCUT2D eigenvalue weighted by atomic mass is 32.2. The maximum absolute atomic E-state index is 16.0. The SMILES string of the molecule is CCCC[C@H]1C(=O)N(C)[C@@H](CCCC)C(=O)N[C@@H](CC(C)C)C(=O)N[C@H](C(=O)NCC(N)=O)CSCC(=O)N[C@@H](Cc2ccc(O)cc2)C(=O)N(C)[C@@H](C)C(=O)N[C@@H](CC(N)=O)C(=O)N2CCC[C@H]2C(=O)N[C@@H](CC(N)=O)C(=O)N[C@@H](CCC(N)=O)C(=O)N2C[C@H](O)C[C@H]2C(=O)N[C@@H](Cc2c[nH]c3ccccc23)C(=O)N[C@@H](CCN)C(=O)N[C@@H](Cc2cn(CC(=O)O)c3ccccc23)C(=O)N1C. The van der Waals surface area contributed by atoms with Crippen molar-refractivity contribution in [3.05, 3.63) is 102 Å². The van der Waals surface area contributed by atoms with Crippen LogP contribution in [0.3, 0.4) is 0 Å². The van der Waals surface area contributed by atoms with Crippen molar-refractivity contribution >= 4 is 152 Å². The number of aromatic amines is 1. The number of phenols is 1. The molecule has 0 radical (unpaired) electrons. The van der Waals surface area contributed by atoms with Crippen LogP contribution in [-0.4, -0.2) is 317 Å². The molecule has 0 aliphatic carbocycles. The number of nitrogens with zero attached hydrogens (tertiary/aromatic N) is 6. The summed E-state index contributed by atoms with van der Waals surface area (Å²) in [7, 11) is 3.83. The van der Waals surface area contributed by atoms with Gasteiger partial charge in [-0.2, -0.15) is 0 Å². The molecule has 45 nitrogen and oxygen atoms in total. The molecule has 46 heteroatoms. The van der Waals surface area contributed by atoms with Crippen LogP contribution in [0.4, 0.5) is 0 Å². The van der Waals surface area contributed by atoms with Gasteiger partial charge in [-0.15, -0.1) is 11.8 Å². The molecule has 0 unspecified atom stereocenters. The highest BCUT2D eigenvalue weighted by Gasteiger charge is 2.47. The Morgan fingerprint density at radius 2 is 1.08 bits per heavy atom. The van der Waals surface area contributed by atoms with Gasteiger partial charge in [-0.1, -0.05) is 102 Å². The van der Waals surface area contributed by atoms with E-state index in [0.29, 0.717) is 64.2 Å². The van der Waals surface area contributed by atoms with Gasteiger partial charge in [0.1, 0.15) is 96.9 Å². The molecule has 2 aromatic heterocycles. The fourth-order valence-corrected chi connectivity index (χ4v) is 17.7. The first-order valence-corrected chi connectivity index (χ1v) is 46.7. The van der Waals surface area contributed by atoms with Crippen LogP contribution in [-0.2, 0) is 122 Å². The molecule has 137 heavy (non-hydrogen) atoms. The number of hydrogen-bond donors (Lipinski definition) is 19. The second-order valence-corrected chi connectivity index (χ2v) is 36.1. The summed E-state index contributed by atoms with van der Waals surface area (Å²) >= 11 is 0.761. The van der Waals surface area contributed by atoms with Crippen LogP contribution >= 0.6 is 11.8 Å². The molecule has 19 amide bonds. The summed E-state index contributed by atoms with van der Waals surface area (Å²) in [6.45, 7) is 5.92. The van der Waals surface area contributed by atoms with Gasteiger partial charge in [0, 0.05) is 106 Å². The van der Waals surface area contributed by atoms with Crippen molar-refractivity contribution in [2.24, 2.45) is 34.6 Å². The third-order valence-corrected chi connectivity index (χ3v) is 25.3. The fourth-order valence-electron chi connectivity index (χ4n) is 16.8. The number of fused-ring (bicyclic) bond motifs is 4. The number of aliphatic carboxylic acids is 1. The van der Waals surface area contributed by atoms with Crippen LogP contribution in [0.1, 0.15) is 148 Å². The molecule has 0 spiro atoms. The van der Waals surface area contributed by atoms with Gasteiger partial charge in [0.05, 0.1) is 31.2 Å². The molecule has 3 saturated heterocycles. The van der Waals surface area contributed by atoms with E-state index in [4.69, 9.17) is 28.7 Å². The maximum Gasteiger partial charge on any atom is 0.323 e. The average Bonchev–Trinajstić information content (AvgIpc) is 1.72. The zero-order valence-corrected chi connectivity index (χ0v) is 78.8. The van der Waals surface area contributed by atoms with Crippen molar-refractivity contribution in [3.8, 4) is 5.75 Å². The number of carboxylic acid groups (broad SMARTS) is 1. The number of carboxylic acids is 1. The van der Waals surface area contributed by atoms with E-state index in [-0.39, 0.29) is 76.1 Å². The highest BCUT2D eigenvalue weighted by molar-refractivity contribution is 8.00. The number of nitrogens with two attached hydrogens (primary N) is 5. The summed E-state index contributed by atoms with van der Waals surface area (Å²) < 4.78 is 1.42. The summed E-state index contributed by atoms with van der Waals surface area (Å²) in [6, 6.07) is -4.08. The Kier molecular flexibility index (Phi) is 40.6. The van der Waals surface area contributed by atoms with E-state index in [1.54, 1.807) is 68.6 Å². The van der Waals surface area contributed by atoms with Gasteiger partial charge < -0.3 is 131 Å². The van der Waals surface area contributed by atoms with Gasteiger partial charge in [0.2, 0.25) is 112 Å². The number of amides is 19. The third kappa shape index (κ3) is 30.6. The van der Waals surface area contributed by atoms with E-state index in [0.717, 1.165) is 36.3 Å². The van der Waals surface area contributed by atoms with E-state index in [1.165, 1.54) is 63.1 Å². The Morgan fingerprint density at radius 1 is 0.533 bits per heavy atom. The maximum atomic E-state index is 16.0.